The van der Waals surface area contributed by atoms with Crippen LogP contribution in [0.1, 0.15) is 5.56 Å². The van der Waals surface area contributed by atoms with Gasteiger partial charge in [0.05, 0.1) is 45.7 Å². The first-order valence-electron chi connectivity index (χ1n) is 8.86. The van der Waals surface area contributed by atoms with Crippen LogP contribution in [0.3, 0.4) is 0 Å². The zero-order chi connectivity index (χ0) is 22.4. The van der Waals surface area contributed by atoms with Crippen LogP contribution in [-0.4, -0.2) is 21.6 Å². The van der Waals surface area contributed by atoms with Gasteiger partial charge in [-0.05, 0) is 42.5 Å². The van der Waals surface area contributed by atoms with Crippen LogP contribution < -0.4 is 20.1 Å². The summed E-state index contributed by atoms with van der Waals surface area (Å²) >= 11 is 6.06. The molecule has 3 N–H and O–H groups in total. The standard InChI is InChI=1S/C21H17ClN4O4S/c1-30-20-16(22)8-5-9-18(20)25-21(27)24-17-11-10-14(13-23)12-19(17)26-31(28,29)15-6-3-2-4-7-15/h2-12,26H,1H3,(H2,24,25,27). The zero-order valence-electron chi connectivity index (χ0n) is 16.2. The lowest BCUT2D eigenvalue weighted by molar-refractivity contribution is 0.262. The van der Waals surface area contributed by atoms with Gasteiger partial charge in [-0.15, -0.1) is 0 Å². The van der Waals surface area contributed by atoms with Gasteiger partial charge in [-0.25, -0.2) is 13.2 Å². The van der Waals surface area contributed by atoms with Crippen molar-refractivity contribution >= 4 is 44.7 Å². The summed E-state index contributed by atoms with van der Waals surface area (Å²) < 4.78 is 33.0. The van der Waals surface area contributed by atoms with Crippen molar-refractivity contribution in [3.63, 3.8) is 0 Å². The number of rotatable bonds is 6. The minimum absolute atomic E-state index is 0.0381. The van der Waals surface area contributed by atoms with Crippen molar-refractivity contribution in [1.29, 1.82) is 5.26 Å². The number of hydrogen-bond acceptors (Lipinski definition) is 5. The van der Waals surface area contributed by atoms with E-state index >= 15 is 0 Å². The molecule has 10 heteroatoms. The van der Waals surface area contributed by atoms with E-state index in [0.29, 0.717) is 10.7 Å². The van der Waals surface area contributed by atoms with Crippen LogP contribution in [0.4, 0.5) is 21.9 Å². The van der Waals surface area contributed by atoms with Crippen LogP contribution in [0, 0.1) is 11.3 Å². The number of para-hydroxylation sites is 1. The number of halogens is 1. The molecule has 0 saturated heterocycles. The molecule has 0 aromatic heterocycles. The molecule has 0 atom stereocenters. The molecule has 0 heterocycles. The molecule has 0 fully saturated rings. The van der Waals surface area contributed by atoms with E-state index in [1.807, 2.05) is 6.07 Å². The molecule has 158 valence electrons. The van der Waals surface area contributed by atoms with Gasteiger partial charge in [0.1, 0.15) is 0 Å². The molecular formula is C21H17ClN4O4S. The summed E-state index contributed by atoms with van der Waals surface area (Å²) in [5.41, 5.74) is 0.730. The Hall–Kier alpha value is -3.74. The van der Waals surface area contributed by atoms with Gasteiger partial charge in [0, 0.05) is 0 Å². The van der Waals surface area contributed by atoms with Crippen LogP contribution in [0.2, 0.25) is 5.02 Å². The maximum absolute atomic E-state index is 12.7. The fraction of sp³-hybridized carbons (Fsp3) is 0.0476. The zero-order valence-corrected chi connectivity index (χ0v) is 17.8. The molecule has 3 aromatic carbocycles. The second kappa shape index (κ2) is 9.38. The quantitative estimate of drug-likeness (QED) is 0.498. The summed E-state index contributed by atoms with van der Waals surface area (Å²) in [4.78, 5) is 12.6. The number of amides is 2. The number of anilines is 3. The molecule has 0 aliphatic carbocycles. The molecule has 0 spiro atoms. The van der Waals surface area contributed by atoms with Crippen molar-refractivity contribution in [3.8, 4) is 11.8 Å². The maximum atomic E-state index is 12.7. The fourth-order valence-electron chi connectivity index (χ4n) is 2.70. The number of carbonyl (C=O) groups excluding carboxylic acids is 1. The minimum atomic E-state index is -3.94. The predicted octanol–water partition coefficient (Wildman–Crippen LogP) is 4.67. The molecule has 3 aromatic rings. The molecule has 31 heavy (non-hydrogen) atoms. The highest BCUT2D eigenvalue weighted by molar-refractivity contribution is 7.92. The summed E-state index contributed by atoms with van der Waals surface area (Å²) in [5.74, 6) is 0.282. The maximum Gasteiger partial charge on any atom is 0.323 e. The van der Waals surface area contributed by atoms with Gasteiger partial charge in [0.25, 0.3) is 10.0 Å². The van der Waals surface area contributed by atoms with E-state index in [4.69, 9.17) is 16.3 Å². The summed E-state index contributed by atoms with van der Waals surface area (Å²) in [6.07, 6.45) is 0. The lowest BCUT2D eigenvalue weighted by Gasteiger charge is -2.16. The first-order chi connectivity index (χ1) is 14.8. The Labute approximate surface area is 184 Å². The first kappa shape index (κ1) is 22.0. The van der Waals surface area contributed by atoms with E-state index in [1.54, 1.807) is 36.4 Å². The second-order valence-electron chi connectivity index (χ2n) is 6.19. The Bertz CT molecular complexity index is 1260. The SMILES string of the molecule is COc1c(Cl)cccc1NC(=O)Nc1ccc(C#N)cc1NS(=O)(=O)c1ccccc1. The first-order valence-corrected chi connectivity index (χ1v) is 10.7. The smallest absolute Gasteiger partial charge is 0.323 e. The predicted molar refractivity (Wildman–Crippen MR) is 119 cm³/mol. The summed E-state index contributed by atoms with van der Waals surface area (Å²) in [5, 5.41) is 14.7. The largest absolute Gasteiger partial charge is 0.493 e. The number of ether oxygens (including phenoxy) is 1. The number of hydrogen-bond donors (Lipinski definition) is 3. The normalized spacial score (nSPS) is 10.6. The van der Waals surface area contributed by atoms with E-state index in [9.17, 15) is 18.5 Å². The highest BCUT2D eigenvalue weighted by Crippen LogP contribution is 2.33. The van der Waals surface area contributed by atoms with Crippen molar-refractivity contribution in [3.05, 3.63) is 77.3 Å². The van der Waals surface area contributed by atoms with E-state index in [1.165, 1.54) is 37.4 Å². The highest BCUT2D eigenvalue weighted by Gasteiger charge is 2.18. The van der Waals surface area contributed by atoms with Gasteiger partial charge in [-0.3, -0.25) is 4.72 Å². The number of nitriles is 1. The van der Waals surface area contributed by atoms with Gasteiger partial charge < -0.3 is 15.4 Å². The molecular weight excluding hydrogens is 440 g/mol. The molecule has 0 bridgehead atoms. The molecule has 0 aliphatic heterocycles. The van der Waals surface area contributed by atoms with Gasteiger partial charge in [-0.2, -0.15) is 5.26 Å². The van der Waals surface area contributed by atoms with Crippen molar-refractivity contribution in [2.24, 2.45) is 0 Å². The Balaban J connectivity index is 1.88. The van der Waals surface area contributed by atoms with Crippen LogP contribution in [0.15, 0.2) is 71.6 Å². The molecule has 0 saturated carbocycles. The average molecular weight is 457 g/mol. The molecule has 2 amide bonds. The van der Waals surface area contributed by atoms with Gasteiger partial charge in [-0.1, -0.05) is 35.9 Å². The average Bonchev–Trinajstić information content (AvgIpc) is 2.75. The van der Waals surface area contributed by atoms with E-state index in [0.717, 1.165) is 0 Å². The van der Waals surface area contributed by atoms with Crippen LogP contribution in [0.5, 0.6) is 5.75 Å². The van der Waals surface area contributed by atoms with E-state index < -0.39 is 16.1 Å². The lowest BCUT2D eigenvalue weighted by Crippen LogP contribution is -2.22. The minimum Gasteiger partial charge on any atom is -0.493 e. The number of nitrogens with zero attached hydrogens (tertiary/aromatic N) is 1. The lowest BCUT2D eigenvalue weighted by atomic mass is 10.2. The summed E-state index contributed by atoms with van der Waals surface area (Å²) in [7, 11) is -2.52. The third kappa shape index (κ3) is 5.25. The molecule has 0 aliphatic rings. The van der Waals surface area contributed by atoms with Crippen molar-refractivity contribution in [2.75, 3.05) is 22.5 Å². The molecule has 0 unspecified atom stereocenters. The van der Waals surface area contributed by atoms with E-state index in [2.05, 4.69) is 15.4 Å². The number of methoxy groups -OCH3 is 1. The van der Waals surface area contributed by atoms with Crippen molar-refractivity contribution < 1.29 is 17.9 Å². The fourth-order valence-corrected chi connectivity index (χ4v) is 4.04. The van der Waals surface area contributed by atoms with Gasteiger partial charge in [0.2, 0.25) is 0 Å². The summed E-state index contributed by atoms with van der Waals surface area (Å²) in [6, 6.07) is 18.1. The number of nitrogens with one attached hydrogen (secondary N) is 3. The van der Waals surface area contributed by atoms with Crippen LogP contribution in [-0.2, 0) is 10.0 Å². The van der Waals surface area contributed by atoms with Crippen LogP contribution in [0.25, 0.3) is 0 Å². The van der Waals surface area contributed by atoms with Crippen molar-refractivity contribution in [2.45, 2.75) is 4.90 Å². The van der Waals surface area contributed by atoms with Gasteiger partial charge >= 0.3 is 6.03 Å². The molecule has 8 nitrogen and oxygen atoms in total. The van der Waals surface area contributed by atoms with Crippen molar-refractivity contribution in [1.82, 2.24) is 0 Å². The second-order valence-corrected chi connectivity index (χ2v) is 8.28. The Kier molecular flexibility index (Phi) is 6.65. The Morgan fingerprint density at radius 3 is 2.35 bits per heavy atom. The highest BCUT2D eigenvalue weighted by atomic mass is 35.5. The van der Waals surface area contributed by atoms with Gasteiger partial charge in [0.15, 0.2) is 5.75 Å². The number of benzene rings is 3. The summed E-state index contributed by atoms with van der Waals surface area (Å²) in [6.45, 7) is 0. The number of carbonyl (C=O) groups is 1. The van der Waals surface area contributed by atoms with Crippen LogP contribution >= 0.6 is 11.6 Å². The molecule has 3 rings (SSSR count). The molecule has 0 radical (unpaired) electrons. The topological polar surface area (TPSA) is 120 Å². The van der Waals surface area contributed by atoms with E-state index in [-0.39, 0.29) is 27.6 Å². The third-order valence-electron chi connectivity index (χ3n) is 4.11. The number of urea groups is 1. The Morgan fingerprint density at radius 1 is 0.968 bits per heavy atom. The number of sulfonamides is 1. The monoisotopic (exact) mass is 456 g/mol. The Morgan fingerprint density at radius 2 is 1.68 bits per heavy atom. The third-order valence-corrected chi connectivity index (χ3v) is 5.79.